The minimum atomic E-state index is -0.416. The Kier molecular flexibility index (Phi) is 8.53. The zero-order valence-corrected chi connectivity index (χ0v) is 20.7. The second-order valence-corrected chi connectivity index (χ2v) is 7.97. The topological polar surface area (TPSA) is 92.4 Å². The Labute approximate surface area is 205 Å². The Hall–Kier alpha value is -3.53. The van der Waals surface area contributed by atoms with E-state index in [4.69, 9.17) is 26.4 Å². The van der Waals surface area contributed by atoms with Gasteiger partial charge in [-0.2, -0.15) is 0 Å². The second kappa shape index (κ2) is 11.6. The summed E-state index contributed by atoms with van der Waals surface area (Å²) in [5.41, 5.74) is 2.03. The molecule has 0 aliphatic carbocycles. The van der Waals surface area contributed by atoms with Crippen LogP contribution in [-0.4, -0.2) is 69.3 Å². The van der Waals surface area contributed by atoms with Crippen LogP contribution < -0.4 is 29.7 Å². The number of hydrogen-bond donors (Lipinski definition) is 2. The third-order valence-electron chi connectivity index (χ3n) is 5.58. The van der Waals surface area contributed by atoms with Gasteiger partial charge in [0, 0.05) is 38.2 Å². The summed E-state index contributed by atoms with van der Waals surface area (Å²) in [5.74, 6) is 0.897. The quantitative estimate of drug-likeness (QED) is 0.578. The average Bonchev–Trinajstić information content (AvgIpc) is 2.87. The second-order valence-electron chi connectivity index (χ2n) is 7.56. The number of piperazine rings is 1. The summed E-state index contributed by atoms with van der Waals surface area (Å²) in [6.45, 7) is 4.65. The number of benzene rings is 2. The fraction of sp³-hybridized carbons (Fsp3) is 0.375. The van der Waals surface area contributed by atoms with Gasteiger partial charge >= 0.3 is 0 Å². The number of ether oxygens (including phenoxy) is 3. The van der Waals surface area contributed by atoms with E-state index in [-0.39, 0.29) is 11.0 Å². The Bertz CT molecular complexity index is 1030. The van der Waals surface area contributed by atoms with Gasteiger partial charge < -0.3 is 29.3 Å². The van der Waals surface area contributed by atoms with Crippen LogP contribution in [0.1, 0.15) is 23.7 Å². The molecule has 0 spiro atoms. The van der Waals surface area contributed by atoms with Gasteiger partial charge in [-0.05, 0) is 36.5 Å². The zero-order chi connectivity index (χ0) is 24.7. The van der Waals surface area contributed by atoms with E-state index in [1.165, 1.54) is 21.3 Å². The lowest BCUT2D eigenvalue weighted by Gasteiger charge is -2.37. The summed E-state index contributed by atoms with van der Waals surface area (Å²) in [4.78, 5) is 28.9. The zero-order valence-electron chi connectivity index (χ0n) is 19.8. The van der Waals surface area contributed by atoms with E-state index >= 15 is 0 Å². The van der Waals surface area contributed by atoms with Gasteiger partial charge in [0.05, 0.1) is 32.7 Å². The lowest BCUT2D eigenvalue weighted by molar-refractivity contribution is -0.131. The smallest absolute Gasteiger partial charge is 0.257 e. The molecule has 2 amide bonds. The van der Waals surface area contributed by atoms with Crippen molar-refractivity contribution < 1.29 is 23.8 Å². The van der Waals surface area contributed by atoms with E-state index in [0.29, 0.717) is 42.3 Å². The molecular formula is C24H30N4O5S. The van der Waals surface area contributed by atoms with Gasteiger partial charge in [-0.3, -0.25) is 14.9 Å². The van der Waals surface area contributed by atoms with Crippen molar-refractivity contribution in [3.8, 4) is 17.2 Å². The lowest BCUT2D eigenvalue weighted by Crippen LogP contribution is -2.48. The molecule has 182 valence electrons. The van der Waals surface area contributed by atoms with Gasteiger partial charge in [0.2, 0.25) is 11.7 Å². The van der Waals surface area contributed by atoms with Crippen molar-refractivity contribution in [3.63, 3.8) is 0 Å². The van der Waals surface area contributed by atoms with Gasteiger partial charge in [-0.15, -0.1) is 0 Å². The van der Waals surface area contributed by atoms with Gasteiger partial charge in [0.15, 0.2) is 16.6 Å². The largest absolute Gasteiger partial charge is 0.493 e. The molecule has 0 atom stereocenters. The normalized spacial score (nSPS) is 13.2. The van der Waals surface area contributed by atoms with Crippen LogP contribution in [0, 0.1) is 0 Å². The molecule has 0 radical (unpaired) electrons. The summed E-state index contributed by atoms with van der Waals surface area (Å²) in [5, 5.41) is 5.98. The highest BCUT2D eigenvalue weighted by Crippen LogP contribution is 2.38. The minimum absolute atomic E-state index is 0.158. The van der Waals surface area contributed by atoms with Crippen LogP contribution in [0.5, 0.6) is 17.2 Å². The lowest BCUT2D eigenvalue weighted by atomic mass is 10.1. The van der Waals surface area contributed by atoms with E-state index in [1.54, 1.807) is 12.1 Å². The third kappa shape index (κ3) is 5.69. The van der Waals surface area contributed by atoms with Crippen molar-refractivity contribution in [2.75, 3.05) is 57.7 Å². The van der Waals surface area contributed by atoms with Crippen LogP contribution in [0.4, 0.5) is 11.4 Å². The number of nitrogens with one attached hydrogen (secondary N) is 2. The Morgan fingerprint density at radius 1 is 0.971 bits per heavy atom. The van der Waals surface area contributed by atoms with Crippen molar-refractivity contribution in [2.45, 2.75) is 13.3 Å². The number of para-hydroxylation sites is 2. The first-order valence-electron chi connectivity index (χ1n) is 11.0. The third-order valence-corrected chi connectivity index (χ3v) is 5.79. The molecule has 1 fully saturated rings. The SMILES string of the molecule is CCC(=O)N1CCN(c2ccccc2NC(=S)NC(=O)c2cc(OC)c(OC)c(OC)c2)CC1. The molecule has 0 unspecified atom stereocenters. The number of hydrogen-bond acceptors (Lipinski definition) is 7. The Morgan fingerprint density at radius 3 is 2.15 bits per heavy atom. The van der Waals surface area contributed by atoms with Crippen LogP contribution in [0.15, 0.2) is 36.4 Å². The number of thiocarbonyl (C=S) groups is 1. The molecule has 9 nitrogen and oxygen atoms in total. The van der Waals surface area contributed by atoms with Crippen LogP contribution in [0.25, 0.3) is 0 Å². The van der Waals surface area contributed by atoms with Crippen molar-refractivity contribution in [1.82, 2.24) is 10.2 Å². The average molecular weight is 487 g/mol. The van der Waals surface area contributed by atoms with Gasteiger partial charge in [-0.1, -0.05) is 19.1 Å². The first-order valence-corrected chi connectivity index (χ1v) is 11.4. The van der Waals surface area contributed by atoms with E-state index in [9.17, 15) is 9.59 Å². The summed E-state index contributed by atoms with van der Waals surface area (Å²) in [7, 11) is 4.47. The highest BCUT2D eigenvalue weighted by atomic mass is 32.1. The highest BCUT2D eigenvalue weighted by Gasteiger charge is 2.22. The van der Waals surface area contributed by atoms with Crippen molar-refractivity contribution in [3.05, 3.63) is 42.0 Å². The van der Waals surface area contributed by atoms with Crippen LogP contribution in [0.2, 0.25) is 0 Å². The van der Waals surface area contributed by atoms with E-state index in [2.05, 4.69) is 15.5 Å². The number of carbonyl (C=O) groups excluding carboxylic acids is 2. The first kappa shape index (κ1) is 25.1. The molecule has 2 N–H and O–H groups in total. The van der Waals surface area contributed by atoms with E-state index < -0.39 is 5.91 Å². The Morgan fingerprint density at radius 2 is 1.59 bits per heavy atom. The molecule has 0 saturated carbocycles. The molecule has 2 aromatic carbocycles. The summed E-state index contributed by atoms with van der Waals surface area (Å²) in [6, 6.07) is 10.8. The maximum Gasteiger partial charge on any atom is 0.257 e. The fourth-order valence-corrected chi connectivity index (χ4v) is 4.02. The predicted octanol–water partition coefficient (Wildman–Crippen LogP) is 2.90. The molecule has 1 aliphatic heterocycles. The molecule has 2 aromatic rings. The predicted molar refractivity (Wildman–Crippen MR) is 135 cm³/mol. The van der Waals surface area contributed by atoms with E-state index in [1.807, 2.05) is 36.1 Å². The summed E-state index contributed by atoms with van der Waals surface area (Å²) < 4.78 is 15.9. The molecule has 10 heteroatoms. The van der Waals surface area contributed by atoms with Crippen molar-refractivity contribution in [1.29, 1.82) is 0 Å². The minimum Gasteiger partial charge on any atom is -0.493 e. The van der Waals surface area contributed by atoms with Gasteiger partial charge in [-0.25, -0.2) is 0 Å². The number of carbonyl (C=O) groups is 2. The van der Waals surface area contributed by atoms with Gasteiger partial charge in [0.25, 0.3) is 5.91 Å². The van der Waals surface area contributed by atoms with Crippen LogP contribution in [0.3, 0.4) is 0 Å². The van der Waals surface area contributed by atoms with Gasteiger partial charge in [0.1, 0.15) is 0 Å². The molecule has 3 rings (SSSR count). The first-order chi connectivity index (χ1) is 16.4. The number of methoxy groups -OCH3 is 3. The number of anilines is 2. The van der Waals surface area contributed by atoms with Crippen LogP contribution >= 0.6 is 12.2 Å². The van der Waals surface area contributed by atoms with Crippen molar-refractivity contribution >= 4 is 40.5 Å². The molecule has 34 heavy (non-hydrogen) atoms. The number of rotatable bonds is 7. The molecule has 1 aliphatic rings. The molecule has 0 bridgehead atoms. The molecule has 1 saturated heterocycles. The maximum absolute atomic E-state index is 12.9. The van der Waals surface area contributed by atoms with Crippen LogP contribution in [-0.2, 0) is 4.79 Å². The summed E-state index contributed by atoms with van der Waals surface area (Å²) in [6.07, 6.45) is 0.512. The molecular weight excluding hydrogens is 456 g/mol. The summed E-state index contributed by atoms with van der Waals surface area (Å²) >= 11 is 5.41. The van der Waals surface area contributed by atoms with Crippen molar-refractivity contribution in [2.24, 2.45) is 0 Å². The monoisotopic (exact) mass is 486 g/mol. The molecule has 0 aromatic heterocycles. The molecule has 1 heterocycles. The maximum atomic E-state index is 12.9. The van der Waals surface area contributed by atoms with E-state index in [0.717, 1.165) is 24.5 Å². The highest BCUT2D eigenvalue weighted by molar-refractivity contribution is 7.80. The number of nitrogens with zero attached hydrogens (tertiary/aromatic N) is 2. The number of amides is 2. The Balaban J connectivity index is 1.69. The standard InChI is InChI=1S/C24H30N4O5S/c1-5-21(29)28-12-10-27(11-13-28)18-9-7-6-8-17(18)25-24(34)26-23(30)16-14-19(31-2)22(33-4)20(15-16)32-3/h6-9,14-15H,5,10-13H2,1-4H3,(H2,25,26,30,34). The fourth-order valence-electron chi connectivity index (χ4n) is 3.82.